The number of hydrogen-bond acceptors (Lipinski definition) is 3. The number of nitrogens with zero attached hydrogens (tertiary/aromatic N) is 3. The third-order valence-corrected chi connectivity index (χ3v) is 5.25. The highest BCUT2D eigenvalue weighted by Gasteiger charge is 2.48. The summed E-state index contributed by atoms with van der Waals surface area (Å²) in [7, 11) is 2.00. The van der Waals surface area contributed by atoms with E-state index in [0.717, 1.165) is 31.5 Å². The van der Waals surface area contributed by atoms with Crippen molar-refractivity contribution in [1.82, 2.24) is 20.0 Å². The van der Waals surface area contributed by atoms with Gasteiger partial charge in [-0.2, -0.15) is 5.10 Å². The molecule has 4 nitrogen and oxygen atoms in total. The highest BCUT2D eigenvalue weighted by atomic mass is 15.3. The molecule has 1 saturated heterocycles. The van der Waals surface area contributed by atoms with Crippen LogP contribution in [0.4, 0.5) is 0 Å². The summed E-state index contributed by atoms with van der Waals surface area (Å²) in [6, 6.07) is 2.79. The van der Waals surface area contributed by atoms with Crippen LogP contribution in [0.5, 0.6) is 0 Å². The van der Waals surface area contributed by atoms with Gasteiger partial charge in [-0.25, -0.2) is 0 Å². The number of aromatic nitrogens is 2. The van der Waals surface area contributed by atoms with Gasteiger partial charge in [0.05, 0.1) is 5.69 Å². The Morgan fingerprint density at radius 2 is 2.19 bits per heavy atom. The highest BCUT2D eigenvalue weighted by Crippen LogP contribution is 2.44. The van der Waals surface area contributed by atoms with Gasteiger partial charge < -0.3 is 5.32 Å². The standard InChI is InChI=1S/C17H30N4/c1-13(2)9-16-11-21(10-15-7-8-20(4)19-15)17(3,12-18-16)14-5-6-14/h7-8,13-14,16,18H,5-6,9-12H2,1-4H3. The van der Waals surface area contributed by atoms with Gasteiger partial charge in [0.25, 0.3) is 0 Å². The van der Waals surface area contributed by atoms with E-state index in [4.69, 9.17) is 0 Å². The molecule has 1 saturated carbocycles. The summed E-state index contributed by atoms with van der Waals surface area (Å²) in [4.78, 5) is 2.70. The minimum Gasteiger partial charge on any atom is -0.311 e. The molecule has 1 N–H and O–H groups in total. The number of aryl methyl sites for hydroxylation is 1. The number of piperazine rings is 1. The fourth-order valence-electron chi connectivity index (χ4n) is 3.82. The molecule has 4 heteroatoms. The molecule has 3 rings (SSSR count). The Hall–Kier alpha value is -0.870. The van der Waals surface area contributed by atoms with Gasteiger partial charge in [0.2, 0.25) is 0 Å². The molecule has 2 heterocycles. The summed E-state index contributed by atoms with van der Waals surface area (Å²) in [6.45, 7) is 10.4. The predicted molar refractivity (Wildman–Crippen MR) is 86.0 cm³/mol. The van der Waals surface area contributed by atoms with Crippen LogP contribution < -0.4 is 5.32 Å². The molecule has 2 aliphatic rings. The molecule has 2 atom stereocenters. The van der Waals surface area contributed by atoms with Gasteiger partial charge in [0, 0.05) is 44.5 Å². The molecule has 2 fully saturated rings. The maximum atomic E-state index is 4.59. The van der Waals surface area contributed by atoms with Crippen molar-refractivity contribution in [2.24, 2.45) is 18.9 Å². The summed E-state index contributed by atoms with van der Waals surface area (Å²) in [5.41, 5.74) is 1.51. The predicted octanol–water partition coefficient (Wildman–Crippen LogP) is 2.41. The quantitative estimate of drug-likeness (QED) is 0.904. The first kappa shape index (κ1) is 15.0. The Bertz CT molecular complexity index is 477. The molecule has 118 valence electrons. The van der Waals surface area contributed by atoms with E-state index >= 15 is 0 Å². The summed E-state index contributed by atoms with van der Waals surface area (Å²) >= 11 is 0. The Morgan fingerprint density at radius 3 is 2.76 bits per heavy atom. The molecule has 1 aliphatic heterocycles. The lowest BCUT2D eigenvalue weighted by molar-refractivity contribution is 0.0227. The zero-order valence-electron chi connectivity index (χ0n) is 14.0. The summed E-state index contributed by atoms with van der Waals surface area (Å²) in [5, 5.41) is 8.41. The van der Waals surface area contributed by atoms with Gasteiger partial charge in [-0.15, -0.1) is 0 Å². The maximum absolute atomic E-state index is 4.59. The van der Waals surface area contributed by atoms with Crippen molar-refractivity contribution in [3.8, 4) is 0 Å². The van der Waals surface area contributed by atoms with Crippen molar-refractivity contribution in [1.29, 1.82) is 0 Å². The second-order valence-corrected chi connectivity index (χ2v) is 7.70. The van der Waals surface area contributed by atoms with Crippen LogP contribution >= 0.6 is 0 Å². The Balaban J connectivity index is 1.73. The number of nitrogens with one attached hydrogen (secondary N) is 1. The molecule has 0 bridgehead atoms. The minimum absolute atomic E-state index is 0.311. The SMILES string of the molecule is CC(C)CC1CN(Cc2ccn(C)n2)C(C)(C2CC2)CN1. The first-order valence-electron chi connectivity index (χ1n) is 8.44. The first-order chi connectivity index (χ1) is 9.97. The van der Waals surface area contributed by atoms with E-state index in [1.165, 1.54) is 25.0 Å². The third kappa shape index (κ3) is 3.32. The van der Waals surface area contributed by atoms with Gasteiger partial charge >= 0.3 is 0 Å². The lowest BCUT2D eigenvalue weighted by Crippen LogP contribution is -2.64. The van der Waals surface area contributed by atoms with Gasteiger partial charge in [-0.05, 0) is 44.1 Å². The molecule has 0 aromatic carbocycles. The average Bonchev–Trinajstić information content (AvgIpc) is 3.18. The molecule has 1 aliphatic carbocycles. The minimum atomic E-state index is 0.311. The van der Waals surface area contributed by atoms with Crippen molar-refractivity contribution < 1.29 is 0 Å². The average molecular weight is 290 g/mol. The van der Waals surface area contributed by atoms with E-state index in [9.17, 15) is 0 Å². The molecule has 2 unspecified atom stereocenters. The van der Waals surface area contributed by atoms with Gasteiger partial charge in [0.1, 0.15) is 0 Å². The maximum Gasteiger partial charge on any atom is 0.0764 e. The van der Waals surface area contributed by atoms with E-state index in [0.29, 0.717) is 11.6 Å². The van der Waals surface area contributed by atoms with Crippen molar-refractivity contribution in [3.63, 3.8) is 0 Å². The third-order valence-electron chi connectivity index (χ3n) is 5.25. The first-order valence-corrected chi connectivity index (χ1v) is 8.44. The fourth-order valence-corrected chi connectivity index (χ4v) is 3.82. The molecule has 0 radical (unpaired) electrons. The monoisotopic (exact) mass is 290 g/mol. The normalized spacial score (nSPS) is 31.0. The van der Waals surface area contributed by atoms with Crippen LogP contribution in [-0.2, 0) is 13.6 Å². The molecule has 1 aromatic heterocycles. The van der Waals surface area contributed by atoms with Crippen LogP contribution in [0.3, 0.4) is 0 Å². The zero-order chi connectivity index (χ0) is 15.0. The fraction of sp³-hybridized carbons (Fsp3) is 0.824. The zero-order valence-corrected chi connectivity index (χ0v) is 14.0. The Kier molecular flexibility index (Phi) is 4.10. The van der Waals surface area contributed by atoms with Crippen LogP contribution in [0.1, 0.15) is 45.7 Å². The Labute approximate surface area is 128 Å². The summed E-state index contributed by atoms with van der Waals surface area (Å²) in [5.74, 6) is 1.62. The lowest BCUT2D eigenvalue weighted by Gasteiger charge is -2.49. The molecule has 21 heavy (non-hydrogen) atoms. The van der Waals surface area contributed by atoms with E-state index in [2.05, 4.69) is 48.3 Å². The van der Waals surface area contributed by atoms with Gasteiger partial charge in [0.15, 0.2) is 0 Å². The van der Waals surface area contributed by atoms with Crippen LogP contribution in [0.2, 0.25) is 0 Å². The van der Waals surface area contributed by atoms with Crippen molar-refractivity contribution in [2.45, 2.75) is 58.2 Å². The van der Waals surface area contributed by atoms with Gasteiger partial charge in [-0.1, -0.05) is 13.8 Å². The Morgan fingerprint density at radius 1 is 1.43 bits per heavy atom. The van der Waals surface area contributed by atoms with Crippen LogP contribution in [0.25, 0.3) is 0 Å². The molecular formula is C17H30N4. The second-order valence-electron chi connectivity index (χ2n) is 7.70. The van der Waals surface area contributed by atoms with Crippen molar-refractivity contribution >= 4 is 0 Å². The van der Waals surface area contributed by atoms with Gasteiger partial charge in [-0.3, -0.25) is 9.58 Å². The van der Waals surface area contributed by atoms with Crippen molar-refractivity contribution in [3.05, 3.63) is 18.0 Å². The highest BCUT2D eigenvalue weighted by molar-refractivity contribution is 5.08. The summed E-state index contributed by atoms with van der Waals surface area (Å²) < 4.78 is 1.91. The molecule has 0 spiro atoms. The van der Waals surface area contributed by atoms with Crippen molar-refractivity contribution in [2.75, 3.05) is 13.1 Å². The topological polar surface area (TPSA) is 33.1 Å². The van der Waals surface area contributed by atoms with E-state index in [1.54, 1.807) is 0 Å². The van der Waals surface area contributed by atoms with E-state index in [1.807, 2.05) is 11.7 Å². The van der Waals surface area contributed by atoms with E-state index < -0.39 is 0 Å². The largest absolute Gasteiger partial charge is 0.311 e. The van der Waals surface area contributed by atoms with Crippen LogP contribution in [-0.4, -0.2) is 39.4 Å². The van der Waals surface area contributed by atoms with Crippen LogP contribution in [0, 0.1) is 11.8 Å². The number of hydrogen-bond donors (Lipinski definition) is 1. The van der Waals surface area contributed by atoms with E-state index in [-0.39, 0.29) is 0 Å². The molecule has 0 amide bonds. The number of rotatable bonds is 5. The van der Waals surface area contributed by atoms with Crippen LogP contribution in [0.15, 0.2) is 12.3 Å². The lowest BCUT2D eigenvalue weighted by atomic mass is 9.87. The second kappa shape index (κ2) is 5.73. The molecule has 1 aromatic rings. The molecular weight excluding hydrogens is 260 g/mol. The smallest absolute Gasteiger partial charge is 0.0764 e. The summed E-state index contributed by atoms with van der Waals surface area (Å²) in [6.07, 6.45) is 6.11.